The van der Waals surface area contributed by atoms with Gasteiger partial charge in [-0.2, -0.15) is 0 Å². The molecule has 0 radical (unpaired) electrons. The van der Waals surface area contributed by atoms with Gasteiger partial charge >= 0.3 is 11.9 Å². The largest absolute Gasteiger partial charge is 0.465 e. The van der Waals surface area contributed by atoms with Crippen molar-refractivity contribution in [3.8, 4) is 0 Å². The zero-order valence-electron chi connectivity index (χ0n) is 12.8. The Balaban J connectivity index is 1.66. The van der Waals surface area contributed by atoms with E-state index in [0.717, 1.165) is 12.8 Å². The molecule has 0 saturated carbocycles. The number of hydrogen-bond acceptors (Lipinski definition) is 6. The zero-order chi connectivity index (χ0) is 15.7. The van der Waals surface area contributed by atoms with Crippen molar-refractivity contribution < 1.29 is 19.1 Å². The number of nitrogens with zero attached hydrogens (tertiary/aromatic N) is 2. The molecule has 6 heteroatoms. The van der Waals surface area contributed by atoms with Crippen molar-refractivity contribution in [1.82, 2.24) is 9.88 Å². The molecule has 2 saturated heterocycles. The van der Waals surface area contributed by atoms with Crippen LogP contribution in [0.5, 0.6) is 0 Å². The molecule has 2 aliphatic heterocycles. The summed E-state index contributed by atoms with van der Waals surface area (Å²) in [5, 5.41) is 0. The van der Waals surface area contributed by atoms with Crippen LogP contribution < -0.4 is 0 Å². The van der Waals surface area contributed by atoms with Gasteiger partial charge in [0.2, 0.25) is 0 Å². The Morgan fingerprint density at radius 3 is 2.32 bits per heavy atom. The lowest BCUT2D eigenvalue weighted by Crippen LogP contribution is -2.43. The summed E-state index contributed by atoms with van der Waals surface area (Å²) in [7, 11) is 3.44. The van der Waals surface area contributed by atoms with Gasteiger partial charge in [-0.3, -0.25) is 4.98 Å². The summed E-state index contributed by atoms with van der Waals surface area (Å²) in [6.45, 7) is 0. The first-order chi connectivity index (χ1) is 10.6. The van der Waals surface area contributed by atoms with Crippen molar-refractivity contribution >= 4 is 11.9 Å². The Morgan fingerprint density at radius 1 is 1.14 bits per heavy atom. The maximum absolute atomic E-state index is 12.3. The summed E-state index contributed by atoms with van der Waals surface area (Å²) in [6.07, 6.45) is 6.84. The molecule has 1 aromatic heterocycles. The number of carbonyl (C=O) groups is 2. The third-order valence-electron chi connectivity index (χ3n) is 4.72. The number of hydrogen-bond donors (Lipinski definition) is 0. The number of carbonyl (C=O) groups excluding carboxylic acids is 2. The first kappa shape index (κ1) is 15.0. The fraction of sp³-hybridized carbons (Fsp3) is 0.562. The van der Waals surface area contributed by atoms with Gasteiger partial charge in [-0.25, -0.2) is 9.59 Å². The second-order valence-corrected chi connectivity index (χ2v) is 6.00. The number of aromatic nitrogens is 1. The fourth-order valence-corrected chi connectivity index (χ4v) is 3.46. The molecule has 0 aromatic carbocycles. The molecule has 22 heavy (non-hydrogen) atoms. The highest BCUT2D eigenvalue weighted by Crippen LogP contribution is 2.35. The monoisotopic (exact) mass is 304 g/mol. The molecule has 0 amide bonds. The Hall–Kier alpha value is -1.95. The summed E-state index contributed by atoms with van der Waals surface area (Å²) in [5.74, 6) is -0.938. The first-order valence-electron chi connectivity index (χ1n) is 7.54. The van der Waals surface area contributed by atoms with E-state index in [9.17, 15) is 9.59 Å². The van der Waals surface area contributed by atoms with Crippen LogP contribution in [0.3, 0.4) is 0 Å². The Morgan fingerprint density at radius 2 is 1.73 bits per heavy atom. The minimum absolute atomic E-state index is 0.0528. The second kappa shape index (κ2) is 6.04. The van der Waals surface area contributed by atoms with E-state index in [2.05, 4.69) is 21.7 Å². The molecule has 2 fully saturated rings. The number of esters is 2. The van der Waals surface area contributed by atoms with Crippen LogP contribution in [0.1, 0.15) is 46.4 Å². The Labute approximate surface area is 129 Å². The van der Waals surface area contributed by atoms with Gasteiger partial charge in [0.25, 0.3) is 0 Å². The maximum Gasteiger partial charge on any atom is 0.340 e. The highest BCUT2D eigenvalue weighted by atomic mass is 16.5. The third-order valence-corrected chi connectivity index (χ3v) is 4.72. The number of fused-ring (bicyclic) bond motifs is 2. The predicted octanol–water partition coefficient (Wildman–Crippen LogP) is 1.65. The summed E-state index contributed by atoms with van der Waals surface area (Å²) < 4.78 is 10.2. The normalized spacial score (nSPS) is 27.5. The molecule has 3 rings (SSSR count). The molecule has 1 unspecified atom stereocenters. The minimum Gasteiger partial charge on any atom is -0.465 e. The zero-order valence-corrected chi connectivity index (χ0v) is 12.8. The van der Waals surface area contributed by atoms with E-state index in [-0.39, 0.29) is 17.2 Å². The summed E-state index contributed by atoms with van der Waals surface area (Å²) in [4.78, 5) is 30.1. The van der Waals surface area contributed by atoms with Gasteiger partial charge in [0, 0.05) is 37.3 Å². The lowest BCUT2D eigenvalue weighted by atomic mass is 10.0. The number of rotatable bonds is 3. The van der Waals surface area contributed by atoms with Crippen molar-refractivity contribution in [1.29, 1.82) is 0 Å². The van der Waals surface area contributed by atoms with Crippen LogP contribution >= 0.6 is 0 Å². The van der Waals surface area contributed by atoms with E-state index in [1.54, 1.807) is 0 Å². The molecule has 0 aliphatic carbocycles. The van der Waals surface area contributed by atoms with Crippen molar-refractivity contribution in [2.45, 2.75) is 43.9 Å². The van der Waals surface area contributed by atoms with Gasteiger partial charge in [-0.15, -0.1) is 0 Å². The number of ether oxygens (including phenoxy) is 2. The topological polar surface area (TPSA) is 68.7 Å². The smallest absolute Gasteiger partial charge is 0.340 e. The lowest BCUT2D eigenvalue weighted by Gasteiger charge is -2.35. The van der Waals surface area contributed by atoms with E-state index >= 15 is 0 Å². The van der Waals surface area contributed by atoms with Crippen LogP contribution in [-0.2, 0) is 9.47 Å². The number of piperidine rings is 1. The Kier molecular flexibility index (Phi) is 4.11. The van der Waals surface area contributed by atoms with Gasteiger partial charge in [0.1, 0.15) is 6.10 Å². The predicted molar refractivity (Wildman–Crippen MR) is 78.6 cm³/mol. The fourth-order valence-electron chi connectivity index (χ4n) is 3.46. The third kappa shape index (κ3) is 2.83. The van der Waals surface area contributed by atoms with Crippen molar-refractivity contribution in [2.75, 3.05) is 14.2 Å². The highest BCUT2D eigenvalue weighted by molar-refractivity contribution is 5.94. The summed E-state index contributed by atoms with van der Waals surface area (Å²) in [6, 6.07) is 2.48. The lowest BCUT2D eigenvalue weighted by molar-refractivity contribution is -0.000487. The number of methoxy groups -OCH3 is 1. The number of pyridine rings is 1. The highest BCUT2D eigenvalue weighted by Gasteiger charge is 2.39. The maximum atomic E-state index is 12.3. The Bertz CT molecular complexity index is 575. The van der Waals surface area contributed by atoms with Gasteiger partial charge < -0.3 is 14.4 Å². The first-order valence-corrected chi connectivity index (χ1v) is 7.54. The molecular weight excluding hydrogens is 284 g/mol. The van der Waals surface area contributed by atoms with Crippen LogP contribution in [0, 0.1) is 0 Å². The van der Waals surface area contributed by atoms with Crippen molar-refractivity contribution in [2.24, 2.45) is 0 Å². The quantitative estimate of drug-likeness (QED) is 0.791. The molecule has 2 aliphatic rings. The van der Waals surface area contributed by atoms with E-state index in [0.29, 0.717) is 12.1 Å². The molecule has 2 bridgehead atoms. The molecule has 1 aromatic rings. The average molecular weight is 304 g/mol. The second-order valence-electron chi connectivity index (χ2n) is 6.00. The average Bonchev–Trinajstić information content (AvgIpc) is 2.76. The standard InChI is InChI=1S/C16H20N2O4/c1-18-12-3-4-13(18)7-14(6-12)22-16(20)11-5-10(8-17-9-11)15(19)21-2/h5,8-9,12-14H,3-4,6-7H2,1-2H3/t12-,13+,14?. The SMILES string of the molecule is COC(=O)c1cncc(C(=O)OC2C[C@H]3CC[C@@H](C2)N3C)c1. The molecule has 3 heterocycles. The van der Waals surface area contributed by atoms with E-state index in [1.807, 2.05) is 0 Å². The van der Waals surface area contributed by atoms with Crippen LogP contribution in [-0.4, -0.2) is 54.2 Å². The molecule has 0 spiro atoms. The van der Waals surface area contributed by atoms with Crippen LogP contribution in [0.4, 0.5) is 0 Å². The summed E-state index contributed by atoms with van der Waals surface area (Å²) in [5.41, 5.74) is 0.537. The summed E-state index contributed by atoms with van der Waals surface area (Å²) >= 11 is 0. The van der Waals surface area contributed by atoms with Gasteiger partial charge in [0.15, 0.2) is 0 Å². The van der Waals surface area contributed by atoms with Gasteiger partial charge in [0.05, 0.1) is 18.2 Å². The van der Waals surface area contributed by atoms with E-state index in [1.165, 1.54) is 38.4 Å². The van der Waals surface area contributed by atoms with Gasteiger partial charge in [-0.1, -0.05) is 0 Å². The molecule has 3 atom stereocenters. The molecule has 6 nitrogen and oxygen atoms in total. The molecule has 0 N–H and O–H groups in total. The minimum atomic E-state index is -0.514. The van der Waals surface area contributed by atoms with Gasteiger partial charge in [-0.05, 0) is 26.0 Å². The van der Waals surface area contributed by atoms with Crippen molar-refractivity contribution in [3.63, 3.8) is 0 Å². The van der Waals surface area contributed by atoms with Crippen LogP contribution in [0.2, 0.25) is 0 Å². The molecular formula is C16H20N2O4. The molecule has 118 valence electrons. The van der Waals surface area contributed by atoms with Crippen LogP contribution in [0.15, 0.2) is 18.5 Å². The van der Waals surface area contributed by atoms with E-state index < -0.39 is 11.9 Å². The van der Waals surface area contributed by atoms with Crippen LogP contribution in [0.25, 0.3) is 0 Å². The van der Waals surface area contributed by atoms with E-state index in [4.69, 9.17) is 4.74 Å². The van der Waals surface area contributed by atoms with Crippen molar-refractivity contribution in [3.05, 3.63) is 29.6 Å².